The fraction of sp³-hybridized carbons (Fsp3) is 0.636. The molecule has 1 amide bonds. The maximum absolute atomic E-state index is 14.3. The first-order chi connectivity index (χ1) is 15.3. The molecule has 3 heterocycles. The van der Waals surface area contributed by atoms with Gasteiger partial charge in [-0.3, -0.25) is 9.89 Å². The van der Waals surface area contributed by atoms with Crippen LogP contribution in [0, 0.1) is 0 Å². The van der Waals surface area contributed by atoms with E-state index in [4.69, 9.17) is 0 Å². The second kappa shape index (κ2) is 7.97. The molecule has 2 fully saturated rings. The van der Waals surface area contributed by atoms with Crippen LogP contribution in [-0.4, -0.2) is 63.6 Å². The molecule has 2 aromatic rings. The Labute approximate surface area is 185 Å². The quantitative estimate of drug-likeness (QED) is 0.733. The van der Waals surface area contributed by atoms with Gasteiger partial charge in [-0.05, 0) is 25.7 Å². The van der Waals surface area contributed by atoms with Gasteiger partial charge in [0.1, 0.15) is 11.9 Å². The number of nitrogens with one attached hydrogen (secondary N) is 2. The molecule has 1 atom stereocenters. The number of rotatable bonds is 5. The van der Waals surface area contributed by atoms with E-state index in [0.717, 1.165) is 25.0 Å². The monoisotopic (exact) mass is 445 g/mol. The van der Waals surface area contributed by atoms with Gasteiger partial charge in [0.05, 0.1) is 12.1 Å². The number of carbonyl (C=O) groups excluding carboxylic acids is 1. The lowest BCUT2D eigenvalue weighted by atomic mass is 10.0. The number of alkyl halides is 2. The summed E-state index contributed by atoms with van der Waals surface area (Å²) in [6, 6.07) is 1.57. The summed E-state index contributed by atoms with van der Waals surface area (Å²) in [7, 11) is 3.44. The third-order valence-electron chi connectivity index (χ3n) is 6.82. The Kier molecular flexibility index (Phi) is 5.25. The van der Waals surface area contributed by atoms with Crippen molar-refractivity contribution in [1.82, 2.24) is 25.1 Å². The second-order valence-electron chi connectivity index (χ2n) is 9.41. The number of aromatic amines is 1. The van der Waals surface area contributed by atoms with Crippen LogP contribution in [0.3, 0.4) is 0 Å². The molecule has 1 unspecified atom stereocenters. The normalized spacial score (nSPS) is 22.4. The Morgan fingerprint density at radius 2 is 1.97 bits per heavy atom. The number of halogens is 2. The molecule has 1 aliphatic heterocycles. The fourth-order valence-electron chi connectivity index (χ4n) is 5.18. The molecule has 1 saturated carbocycles. The molecule has 0 bridgehead atoms. The standard InChI is InChI=1S/C22H29F2N7O/c1-30(2)20(32)17-8-5-9-31(17)21-25-16-12-22(23,24)11-14(16)19(27-21)26-18-10-15(28-29-18)13-6-3-4-7-13/h10,13,17H,3-9,11-12H2,1-2H3,(H2,25,26,27,28,29). The molecule has 10 heteroatoms. The Morgan fingerprint density at radius 3 is 2.72 bits per heavy atom. The molecule has 172 valence electrons. The van der Waals surface area contributed by atoms with Crippen LogP contribution in [0.5, 0.6) is 0 Å². The van der Waals surface area contributed by atoms with Crippen molar-refractivity contribution in [3.63, 3.8) is 0 Å². The first-order valence-corrected chi connectivity index (χ1v) is 11.4. The van der Waals surface area contributed by atoms with Crippen LogP contribution < -0.4 is 10.2 Å². The van der Waals surface area contributed by atoms with E-state index in [1.54, 1.807) is 19.0 Å². The van der Waals surface area contributed by atoms with Gasteiger partial charge in [0.2, 0.25) is 11.9 Å². The van der Waals surface area contributed by atoms with Crippen LogP contribution in [0.15, 0.2) is 6.07 Å². The van der Waals surface area contributed by atoms with E-state index >= 15 is 0 Å². The Bertz CT molecular complexity index is 1020. The highest BCUT2D eigenvalue weighted by atomic mass is 19.3. The fourth-order valence-corrected chi connectivity index (χ4v) is 5.18. The number of H-pyrrole nitrogens is 1. The minimum Gasteiger partial charge on any atom is -0.347 e. The summed E-state index contributed by atoms with van der Waals surface area (Å²) >= 11 is 0. The van der Waals surface area contributed by atoms with Gasteiger partial charge in [-0.1, -0.05) is 12.8 Å². The predicted molar refractivity (Wildman–Crippen MR) is 117 cm³/mol. The average Bonchev–Trinajstić information content (AvgIpc) is 3.52. The molecule has 2 aromatic heterocycles. The molecule has 8 nitrogen and oxygen atoms in total. The van der Waals surface area contributed by atoms with E-state index in [9.17, 15) is 13.6 Å². The molecular weight excluding hydrogens is 416 g/mol. The van der Waals surface area contributed by atoms with Gasteiger partial charge in [-0.25, -0.2) is 13.8 Å². The molecule has 5 rings (SSSR count). The summed E-state index contributed by atoms with van der Waals surface area (Å²) in [5.74, 6) is -1.16. The van der Waals surface area contributed by atoms with Crippen molar-refractivity contribution in [2.45, 2.75) is 69.2 Å². The van der Waals surface area contributed by atoms with E-state index in [0.29, 0.717) is 47.7 Å². The maximum atomic E-state index is 14.3. The summed E-state index contributed by atoms with van der Waals surface area (Å²) in [4.78, 5) is 25.2. The Balaban J connectivity index is 1.47. The highest BCUT2D eigenvalue weighted by Gasteiger charge is 2.42. The number of likely N-dealkylation sites (N-methyl/N-ethyl adjacent to an activating group) is 1. The number of nitrogens with zero attached hydrogens (tertiary/aromatic N) is 5. The van der Waals surface area contributed by atoms with E-state index in [1.165, 1.54) is 12.8 Å². The topological polar surface area (TPSA) is 90.0 Å². The van der Waals surface area contributed by atoms with E-state index in [2.05, 4.69) is 25.5 Å². The number of hydrogen-bond acceptors (Lipinski definition) is 6. The van der Waals surface area contributed by atoms with Crippen molar-refractivity contribution < 1.29 is 13.6 Å². The van der Waals surface area contributed by atoms with E-state index in [-0.39, 0.29) is 11.9 Å². The summed E-state index contributed by atoms with van der Waals surface area (Å²) in [6.07, 6.45) is 5.41. The molecule has 0 aromatic carbocycles. The van der Waals surface area contributed by atoms with Crippen molar-refractivity contribution in [3.05, 3.63) is 23.0 Å². The zero-order chi connectivity index (χ0) is 22.5. The zero-order valence-corrected chi connectivity index (χ0v) is 18.5. The van der Waals surface area contributed by atoms with Crippen LogP contribution in [0.4, 0.5) is 26.4 Å². The lowest BCUT2D eigenvalue weighted by molar-refractivity contribution is -0.129. The Morgan fingerprint density at radius 1 is 1.19 bits per heavy atom. The SMILES string of the molecule is CN(C)C(=O)C1CCCN1c1nc2c(c(Nc3cc(C4CCCC4)[nH]n3)n1)CC(F)(F)C2. The molecule has 0 radical (unpaired) electrons. The summed E-state index contributed by atoms with van der Waals surface area (Å²) in [5, 5.41) is 10.6. The number of aromatic nitrogens is 4. The van der Waals surface area contributed by atoms with Crippen molar-refractivity contribution in [2.75, 3.05) is 30.9 Å². The molecule has 3 aliphatic rings. The Hall–Kier alpha value is -2.78. The summed E-state index contributed by atoms with van der Waals surface area (Å²) in [5.41, 5.74) is 1.84. The van der Waals surface area contributed by atoms with Gasteiger partial charge in [-0.2, -0.15) is 10.1 Å². The van der Waals surface area contributed by atoms with E-state index in [1.807, 2.05) is 11.0 Å². The molecule has 2 N–H and O–H groups in total. The summed E-state index contributed by atoms with van der Waals surface area (Å²) in [6.45, 7) is 0.618. The van der Waals surface area contributed by atoms with Crippen molar-refractivity contribution >= 4 is 23.5 Å². The predicted octanol–water partition coefficient (Wildman–Crippen LogP) is 3.39. The molecule has 0 spiro atoms. The number of anilines is 3. The number of hydrogen-bond donors (Lipinski definition) is 2. The zero-order valence-electron chi connectivity index (χ0n) is 18.5. The highest BCUT2D eigenvalue weighted by molar-refractivity contribution is 5.85. The lowest BCUT2D eigenvalue weighted by Crippen LogP contribution is -2.43. The van der Waals surface area contributed by atoms with Crippen molar-refractivity contribution in [3.8, 4) is 0 Å². The molecule has 32 heavy (non-hydrogen) atoms. The van der Waals surface area contributed by atoms with Crippen LogP contribution in [0.2, 0.25) is 0 Å². The van der Waals surface area contributed by atoms with Gasteiger partial charge in [0.15, 0.2) is 5.82 Å². The number of fused-ring (bicyclic) bond motifs is 1. The van der Waals surface area contributed by atoms with Gasteiger partial charge in [0, 0.05) is 50.3 Å². The highest BCUT2D eigenvalue weighted by Crippen LogP contribution is 2.40. The third-order valence-corrected chi connectivity index (χ3v) is 6.82. The smallest absolute Gasteiger partial charge is 0.257 e. The average molecular weight is 446 g/mol. The largest absolute Gasteiger partial charge is 0.347 e. The van der Waals surface area contributed by atoms with Gasteiger partial charge in [0.25, 0.3) is 5.92 Å². The summed E-state index contributed by atoms with van der Waals surface area (Å²) < 4.78 is 28.6. The maximum Gasteiger partial charge on any atom is 0.257 e. The van der Waals surface area contributed by atoms with Crippen LogP contribution >= 0.6 is 0 Å². The van der Waals surface area contributed by atoms with Gasteiger partial charge >= 0.3 is 0 Å². The molecular formula is C22H29F2N7O. The number of carbonyl (C=O) groups is 1. The first kappa shape index (κ1) is 21.1. The van der Waals surface area contributed by atoms with E-state index < -0.39 is 18.8 Å². The molecule has 1 saturated heterocycles. The van der Waals surface area contributed by atoms with Crippen LogP contribution in [-0.2, 0) is 17.6 Å². The van der Waals surface area contributed by atoms with Gasteiger partial charge < -0.3 is 15.1 Å². The van der Waals surface area contributed by atoms with Crippen molar-refractivity contribution in [1.29, 1.82) is 0 Å². The van der Waals surface area contributed by atoms with Crippen molar-refractivity contribution in [2.24, 2.45) is 0 Å². The molecule has 2 aliphatic carbocycles. The van der Waals surface area contributed by atoms with Crippen LogP contribution in [0.25, 0.3) is 0 Å². The lowest BCUT2D eigenvalue weighted by Gasteiger charge is -2.27. The van der Waals surface area contributed by atoms with Crippen LogP contribution in [0.1, 0.15) is 61.4 Å². The third kappa shape index (κ3) is 3.91. The second-order valence-corrected chi connectivity index (χ2v) is 9.41. The van der Waals surface area contributed by atoms with Gasteiger partial charge in [-0.15, -0.1) is 0 Å². The first-order valence-electron chi connectivity index (χ1n) is 11.4. The number of amides is 1. The minimum atomic E-state index is -2.85. The minimum absolute atomic E-state index is 0.0278.